The Bertz CT molecular complexity index is 1200. The summed E-state index contributed by atoms with van der Waals surface area (Å²) < 4.78 is 0. The van der Waals surface area contributed by atoms with Gasteiger partial charge < -0.3 is 25.0 Å². The molecule has 0 aliphatic rings. The second-order valence-electron chi connectivity index (χ2n) is 7.07. The first-order valence-corrected chi connectivity index (χ1v) is 9.50. The molecule has 0 spiro atoms. The number of imidazole rings is 2. The summed E-state index contributed by atoms with van der Waals surface area (Å²) in [6.45, 7) is 0.651. The average molecular weight is 419 g/mol. The lowest BCUT2D eigenvalue weighted by Gasteiger charge is -2.14. The first-order chi connectivity index (χ1) is 15.0. The highest BCUT2D eigenvalue weighted by atomic mass is 16.7. The van der Waals surface area contributed by atoms with E-state index in [2.05, 4.69) is 30.7 Å². The first-order valence-electron chi connectivity index (χ1n) is 9.50. The van der Waals surface area contributed by atoms with Crippen LogP contribution in [0.1, 0.15) is 26.5 Å². The Morgan fingerprint density at radius 2 is 1.84 bits per heavy atom. The zero-order chi connectivity index (χ0) is 21.8. The van der Waals surface area contributed by atoms with E-state index in [-0.39, 0.29) is 17.4 Å². The van der Waals surface area contributed by atoms with Gasteiger partial charge in [-0.25, -0.2) is 4.98 Å². The lowest BCUT2D eigenvalue weighted by molar-refractivity contribution is 0.0733. The molecule has 2 amide bonds. The average Bonchev–Trinajstić information content (AvgIpc) is 3.40. The van der Waals surface area contributed by atoms with Gasteiger partial charge in [0.15, 0.2) is 5.69 Å². The van der Waals surface area contributed by atoms with Crippen LogP contribution in [0, 0.1) is 0 Å². The number of fused-ring (bicyclic) bond motifs is 1. The van der Waals surface area contributed by atoms with E-state index in [9.17, 15) is 9.59 Å². The molecule has 0 aliphatic heterocycles. The van der Waals surface area contributed by atoms with Gasteiger partial charge in [0.25, 0.3) is 5.91 Å². The molecule has 158 valence electrons. The monoisotopic (exact) mass is 419 g/mol. The van der Waals surface area contributed by atoms with Gasteiger partial charge in [0.05, 0.1) is 17.4 Å². The molecule has 4 aromatic rings. The standard InChI is InChI=1S/C21H21N7O3/c1-28(2)11-13-7-3-4-8-14(13)24-19(29)17-18(23-12-22-17)20(30)27-31-21-25-15-9-5-6-10-16(15)26-21/h3-10,12H,11H2,1-2H3,(H,22,23)(H,24,29)(H,25,26)(H,27,30). The van der Waals surface area contributed by atoms with Crippen LogP contribution in [0.25, 0.3) is 11.0 Å². The molecule has 0 bridgehead atoms. The van der Waals surface area contributed by atoms with Crippen molar-refractivity contribution < 1.29 is 14.4 Å². The summed E-state index contributed by atoms with van der Waals surface area (Å²) >= 11 is 0. The minimum absolute atomic E-state index is 0.0189. The zero-order valence-corrected chi connectivity index (χ0v) is 17.0. The fourth-order valence-corrected chi connectivity index (χ4v) is 3.07. The topological polar surface area (TPSA) is 128 Å². The predicted molar refractivity (Wildman–Crippen MR) is 115 cm³/mol. The number of carbonyl (C=O) groups excluding carboxylic acids is 2. The van der Waals surface area contributed by atoms with Gasteiger partial charge in [-0.15, -0.1) is 0 Å². The van der Waals surface area contributed by atoms with Crippen LogP contribution in [0.5, 0.6) is 6.01 Å². The molecule has 31 heavy (non-hydrogen) atoms. The molecular weight excluding hydrogens is 398 g/mol. The van der Waals surface area contributed by atoms with Crippen molar-refractivity contribution in [1.82, 2.24) is 30.3 Å². The number of aromatic amines is 2. The van der Waals surface area contributed by atoms with E-state index >= 15 is 0 Å². The molecule has 4 N–H and O–H groups in total. The van der Waals surface area contributed by atoms with Crippen molar-refractivity contribution >= 4 is 28.5 Å². The highest BCUT2D eigenvalue weighted by molar-refractivity contribution is 6.10. The molecule has 10 heteroatoms. The number of aromatic nitrogens is 4. The molecule has 0 saturated carbocycles. The van der Waals surface area contributed by atoms with E-state index < -0.39 is 11.8 Å². The largest absolute Gasteiger partial charge is 0.340 e. The van der Waals surface area contributed by atoms with Crippen LogP contribution in [0.2, 0.25) is 0 Å². The van der Waals surface area contributed by atoms with Gasteiger partial charge in [-0.3, -0.25) is 9.59 Å². The third-order valence-corrected chi connectivity index (χ3v) is 4.44. The van der Waals surface area contributed by atoms with Crippen LogP contribution < -0.4 is 15.6 Å². The van der Waals surface area contributed by atoms with E-state index in [1.807, 2.05) is 61.5 Å². The van der Waals surface area contributed by atoms with Crippen LogP contribution in [0.3, 0.4) is 0 Å². The number of nitrogens with one attached hydrogen (secondary N) is 4. The fourth-order valence-electron chi connectivity index (χ4n) is 3.07. The summed E-state index contributed by atoms with van der Waals surface area (Å²) in [5.74, 6) is -1.17. The number of rotatable bonds is 7. The molecule has 2 aromatic carbocycles. The number of nitrogens with zero attached hydrogens (tertiary/aromatic N) is 3. The molecule has 0 saturated heterocycles. The van der Waals surface area contributed by atoms with Gasteiger partial charge in [0.1, 0.15) is 5.69 Å². The molecular formula is C21H21N7O3. The summed E-state index contributed by atoms with van der Waals surface area (Å²) in [6, 6.07) is 14.9. The van der Waals surface area contributed by atoms with Gasteiger partial charge in [0.2, 0.25) is 0 Å². The summed E-state index contributed by atoms with van der Waals surface area (Å²) in [4.78, 5) is 46.4. The normalized spacial score (nSPS) is 10.9. The van der Waals surface area contributed by atoms with E-state index in [0.29, 0.717) is 17.7 Å². The van der Waals surface area contributed by atoms with Crippen LogP contribution in [0.15, 0.2) is 54.9 Å². The highest BCUT2D eigenvalue weighted by Gasteiger charge is 2.22. The molecule has 0 aliphatic carbocycles. The Balaban J connectivity index is 1.45. The maximum Gasteiger partial charge on any atom is 0.321 e. The molecule has 10 nitrogen and oxygen atoms in total. The van der Waals surface area contributed by atoms with Crippen molar-refractivity contribution in [2.75, 3.05) is 19.4 Å². The Morgan fingerprint density at radius 1 is 1.06 bits per heavy atom. The SMILES string of the molecule is CN(C)Cc1ccccc1NC(=O)c1[nH]cnc1C(=O)NOc1nc2ccccc2[nH]1. The lowest BCUT2D eigenvalue weighted by Crippen LogP contribution is -2.30. The zero-order valence-electron chi connectivity index (χ0n) is 17.0. The van der Waals surface area contributed by atoms with E-state index in [1.54, 1.807) is 6.07 Å². The molecule has 0 unspecified atom stereocenters. The van der Waals surface area contributed by atoms with Crippen LogP contribution >= 0.6 is 0 Å². The number of H-pyrrole nitrogens is 2. The predicted octanol–water partition coefficient (Wildman–Crippen LogP) is 2.32. The Labute approximate surface area is 177 Å². The van der Waals surface area contributed by atoms with Crippen molar-refractivity contribution in [2.45, 2.75) is 6.54 Å². The van der Waals surface area contributed by atoms with E-state index in [4.69, 9.17) is 4.84 Å². The molecule has 4 rings (SSSR count). The van der Waals surface area contributed by atoms with Gasteiger partial charge in [-0.2, -0.15) is 10.5 Å². The molecule has 0 atom stereocenters. The molecule has 2 aromatic heterocycles. The highest BCUT2D eigenvalue weighted by Crippen LogP contribution is 2.18. The Hall–Kier alpha value is -4.18. The van der Waals surface area contributed by atoms with Gasteiger partial charge in [-0.1, -0.05) is 30.3 Å². The quantitative estimate of drug-likeness (QED) is 0.340. The number of carbonyl (C=O) groups is 2. The second kappa shape index (κ2) is 8.67. The van der Waals surface area contributed by atoms with E-state index in [1.165, 1.54) is 6.33 Å². The summed E-state index contributed by atoms with van der Waals surface area (Å²) in [5, 5.41) is 2.83. The number of hydrogen-bond donors (Lipinski definition) is 4. The summed E-state index contributed by atoms with van der Waals surface area (Å²) in [7, 11) is 3.88. The maximum absolute atomic E-state index is 12.8. The number of para-hydroxylation sites is 3. The number of hydrogen-bond acceptors (Lipinski definition) is 6. The molecule has 2 heterocycles. The lowest BCUT2D eigenvalue weighted by atomic mass is 10.1. The third-order valence-electron chi connectivity index (χ3n) is 4.44. The summed E-state index contributed by atoms with van der Waals surface area (Å²) in [5.41, 5.74) is 5.24. The minimum atomic E-state index is -0.687. The van der Waals surface area contributed by atoms with Crippen molar-refractivity contribution in [3.63, 3.8) is 0 Å². The minimum Gasteiger partial charge on any atom is -0.340 e. The maximum atomic E-state index is 12.8. The van der Waals surface area contributed by atoms with Crippen molar-refractivity contribution in [3.05, 3.63) is 71.8 Å². The number of hydroxylamine groups is 1. The second-order valence-corrected chi connectivity index (χ2v) is 7.07. The number of anilines is 1. The Morgan fingerprint density at radius 3 is 2.65 bits per heavy atom. The third kappa shape index (κ3) is 4.54. The fraction of sp³-hybridized carbons (Fsp3) is 0.143. The number of benzene rings is 2. The van der Waals surface area contributed by atoms with Crippen LogP contribution in [-0.4, -0.2) is 50.7 Å². The first kappa shape index (κ1) is 20.1. The molecule has 0 fully saturated rings. The van der Waals surface area contributed by atoms with Gasteiger partial charge >= 0.3 is 11.9 Å². The van der Waals surface area contributed by atoms with E-state index in [0.717, 1.165) is 11.1 Å². The Kier molecular flexibility index (Phi) is 5.63. The molecule has 0 radical (unpaired) electrons. The summed E-state index contributed by atoms with van der Waals surface area (Å²) in [6.07, 6.45) is 1.27. The van der Waals surface area contributed by atoms with Crippen molar-refractivity contribution in [2.24, 2.45) is 0 Å². The van der Waals surface area contributed by atoms with Gasteiger partial charge in [0, 0.05) is 12.2 Å². The smallest absolute Gasteiger partial charge is 0.321 e. The van der Waals surface area contributed by atoms with Crippen LogP contribution in [0.4, 0.5) is 5.69 Å². The van der Waals surface area contributed by atoms with Crippen molar-refractivity contribution in [3.8, 4) is 6.01 Å². The van der Waals surface area contributed by atoms with Gasteiger partial charge in [-0.05, 0) is 37.9 Å². The van der Waals surface area contributed by atoms with Crippen molar-refractivity contribution in [1.29, 1.82) is 0 Å². The van der Waals surface area contributed by atoms with Crippen LogP contribution in [-0.2, 0) is 6.54 Å². The number of amides is 2.